The third-order valence-electron chi connectivity index (χ3n) is 4.85. The molecule has 3 aromatic rings. The molecule has 0 saturated heterocycles. The Kier molecular flexibility index (Phi) is 6.45. The molecule has 184 valence electrons. The van der Waals surface area contributed by atoms with Crippen LogP contribution in [0.1, 0.15) is 34.5 Å². The normalized spacial score (nSPS) is 14.9. The summed E-state index contributed by atoms with van der Waals surface area (Å²) in [7, 11) is 0. The number of amides is 1. The van der Waals surface area contributed by atoms with Crippen LogP contribution in [-0.4, -0.2) is 38.9 Å². The Morgan fingerprint density at radius 2 is 1.49 bits per heavy atom. The molecule has 0 radical (unpaired) electrons. The number of aromatic nitrogens is 4. The molecule has 1 aliphatic heterocycles. The van der Waals surface area contributed by atoms with Crippen molar-refractivity contribution in [1.29, 1.82) is 0 Å². The number of alkyl halides is 6. The number of fused-ring (bicyclic) bond motifs is 4. The lowest BCUT2D eigenvalue weighted by molar-refractivity contribution is -0.141. The van der Waals surface area contributed by atoms with Crippen molar-refractivity contribution >= 4 is 23.5 Å². The average Bonchev–Trinajstić information content (AvgIpc) is 2.79. The van der Waals surface area contributed by atoms with Gasteiger partial charge in [-0.15, -0.1) is 0 Å². The first-order chi connectivity index (χ1) is 16.5. The zero-order valence-corrected chi connectivity index (χ0v) is 17.8. The largest absolute Gasteiger partial charge is 0.433 e. The summed E-state index contributed by atoms with van der Waals surface area (Å²) in [6, 6.07) is 5.88. The van der Waals surface area contributed by atoms with E-state index in [-0.39, 0.29) is 41.2 Å². The molecule has 0 saturated carbocycles. The van der Waals surface area contributed by atoms with Gasteiger partial charge in [0.25, 0.3) is 5.91 Å². The molecular weight excluding hydrogens is 480 g/mol. The van der Waals surface area contributed by atoms with E-state index in [0.29, 0.717) is 19.4 Å². The van der Waals surface area contributed by atoms with Gasteiger partial charge in [0.15, 0.2) is 5.82 Å². The number of anilines is 3. The fourth-order valence-electron chi connectivity index (χ4n) is 3.22. The summed E-state index contributed by atoms with van der Waals surface area (Å²) in [5.74, 6) is -1.17. The minimum absolute atomic E-state index is 0.00925. The molecule has 0 unspecified atom stereocenters. The molecule has 2 aromatic heterocycles. The number of halogens is 6. The average molecular weight is 497 g/mol. The maximum Gasteiger partial charge on any atom is 0.433 e. The zero-order valence-electron chi connectivity index (χ0n) is 17.8. The third kappa shape index (κ3) is 5.94. The molecule has 3 heterocycles. The number of pyridine rings is 1. The van der Waals surface area contributed by atoms with E-state index >= 15 is 0 Å². The number of hydrogen-bond donors (Lipinski definition) is 3. The Bertz CT molecular complexity index is 1250. The standard InChI is InChI=1S/C21H17F6N7O/c22-20(23,24)12-8-11-9-13(10-12)30-19-33-16(14-4-3-5-15(31-14)21(25,26)27)32-18(34-19)29-7-2-1-6-28-17(11)35/h3-5,8-10H,1-2,6-7H2,(H,28,35)(H2,29,30,32,33,34). The summed E-state index contributed by atoms with van der Waals surface area (Å²) in [4.78, 5) is 28.2. The van der Waals surface area contributed by atoms with Gasteiger partial charge >= 0.3 is 12.4 Å². The van der Waals surface area contributed by atoms with Crippen molar-refractivity contribution in [1.82, 2.24) is 25.3 Å². The summed E-state index contributed by atoms with van der Waals surface area (Å²) in [6.45, 7) is 0.583. The number of rotatable bonds is 1. The first-order valence-corrected chi connectivity index (χ1v) is 10.3. The van der Waals surface area contributed by atoms with E-state index in [4.69, 9.17) is 0 Å². The molecule has 0 spiro atoms. The number of nitrogens with zero attached hydrogens (tertiary/aromatic N) is 4. The molecule has 3 N–H and O–H groups in total. The topological polar surface area (TPSA) is 105 Å². The van der Waals surface area contributed by atoms with Crippen LogP contribution >= 0.6 is 0 Å². The molecule has 1 aliphatic rings. The van der Waals surface area contributed by atoms with Gasteiger partial charge in [-0.1, -0.05) is 6.07 Å². The summed E-state index contributed by atoms with van der Waals surface area (Å²) in [6.07, 6.45) is -8.40. The van der Waals surface area contributed by atoms with Gasteiger partial charge < -0.3 is 16.0 Å². The zero-order chi connectivity index (χ0) is 25.2. The Hall–Kier alpha value is -3.97. The summed E-state index contributed by atoms with van der Waals surface area (Å²) < 4.78 is 79.7. The van der Waals surface area contributed by atoms with E-state index in [2.05, 4.69) is 35.9 Å². The Labute approximate surface area is 194 Å². The van der Waals surface area contributed by atoms with Gasteiger partial charge in [0.1, 0.15) is 11.4 Å². The highest BCUT2D eigenvalue weighted by atomic mass is 19.4. The Morgan fingerprint density at radius 1 is 0.771 bits per heavy atom. The SMILES string of the molecule is O=C1NCCCCNc2nc(nc(-c3cccc(C(F)(F)F)n3)n2)Nc2cc1cc(C(F)(F)F)c2. The third-order valence-corrected chi connectivity index (χ3v) is 4.85. The quantitative estimate of drug-likeness (QED) is 0.421. The van der Waals surface area contributed by atoms with Crippen LogP contribution in [0.4, 0.5) is 43.9 Å². The van der Waals surface area contributed by atoms with Crippen LogP contribution in [0.5, 0.6) is 0 Å². The van der Waals surface area contributed by atoms with Gasteiger partial charge in [0.05, 0.1) is 5.56 Å². The van der Waals surface area contributed by atoms with Crippen molar-refractivity contribution in [3.63, 3.8) is 0 Å². The second-order valence-corrected chi connectivity index (χ2v) is 7.52. The van der Waals surface area contributed by atoms with E-state index in [9.17, 15) is 31.1 Å². The minimum Gasteiger partial charge on any atom is -0.354 e. The molecule has 0 aliphatic carbocycles. The van der Waals surface area contributed by atoms with Crippen LogP contribution in [-0.2, 0) is 12.4 Å². The molecule has 8 nitrogen and oxygen atoms in total. The van der Waals surface area contributed by atoms with Crippen molar-refractivity contribution in [2.45, 2.75) is 25.2 Å². The number of carbonyl (C=O) groups is 1. The number of benzene rings is 1. The molecule has 35 heavy (non-hydrogen) atoms. The minimum atomic E-state index is -4.74. The maximum absolute atomic E-state index is 13.4. The second-order valence-electron chi connectivity index (χ2n) is 7.52. The summed E-state index contributed by atoms with van der Waals surface area (Å²) >= 11 is 0. The fourth-order valence-corrected chi connectivity index (χ4v) is 3.22. The van der Waals surface area contributed by atoms with Gasteiger partial charge in [0.2, 0.25) is 11.9 Å². The van der Waals surface area contributed by atoms with Crippen LogP contribution in [0.3, 0.4) is 0 Å². The molecule has 1 aromatic carbocycles. The highest BCUT2D eigenvalue weighted by molar-refractivity contribution is 5.95. The smallest absolute Gasteiger partial charge is 0.354 e. The van der Waals surface area contributed by atoms with Gasteiger partial charge in [-0.2, -0.15) is 41.3 Å². The highest BCUT2D eigenvalue weighted by Gasteiger charge is 2.33. The Morgan fingerprint density at radius 3 is 2.20 bits per heavy atom. The van der Waals surface area contributed by atoms with Gasteiger partial charge in [-0.25, -0.2) is 4.98 Å². The number of nitrogens with one attached hydrogen (secondary N) is 3. The summed E-state index contributed by atoms with van der Waals surface area (Å²) in [5, 5.41) is 8.07. The van der Waals surface area contributed by atoms with Crippen molar-refractivity contribution in [2.75, 3.05) is 23.7 Å². The fraction of sp³-hybridized carbons (Fsp3) is 0.286. The molecule has 4 bridgehead atoms. The summed E-state index contributed by atoms with van der Waals surface area (Å²) in [5.41, 5.74) is -2.82. The first kappa shape index (κ1) is 24.2. The van der Waals surface area contributed by atoms with Crippen LogP contribution in [0.2, 0.25) is 0 Å². The monoisotopic (exact) mass is 497 g/mol. The van der Waals surface area contributed by atoms with Crippen molar-refractivity contribution < 1.29 is 31.1 Å². The van der Waals surface area contributed by atoms with Gasteiger partial charge in [-0.05, 0) is 43.2 Å². The van der Waals surface area contributed by atoms with Crippen molar-refractivity contribution in [3.8, 4) is 11.5 Å². The van der Waals surface area contributed by atoms with Crippen LogP contribution in [0, 0.1) is 0 Å². The van der Waals surface area contributed by atoms with E-state index in [1.54, 1.807) is 0 Å². The molecule has 0 atom stereocenters. The van der Waals surface area contributed by atoms with Crippen LogP contribution in [0.25, 0.3) is 11.5 Å². The lowest BCUT2D eigenvalue weighted by Gasteiger charge is -2.15. The van der Waals surface area contributed by atoms with Gasteiger partial charge in [0, 0.05) is 24.3 Å². The lowest BCUT2D eigenvalue weighted by Crippen LogP contribution is -2.25. The van der Waals surface area contributed by atoms with E-state index in [1.807, 2.05) is 0 Å². The van der Waals surface area contributed by atoms with E-state index in [1.165, 1.54) is 12.1 Å². The maximum atomic E-state index is 13.4. The lowest BCUT2D eigenvalue weighted by atomic mass is 10.1. The molecule has 4 rings (SSSR count). The highest BCUT2D eigenvalue weighted by Crippen LogP contribution is 2.33. The van der Waals surface area contributed by atoms with Crippen LogP contribution < -0.4 is 16.0 Å². The van der Waals surface area contributed by atoms with E-state index < -0.39 is 29.5 Å². The Balaban J connectivity index is 1.80. The molecular formula is C21H17F6N7O. The molecule has 14 heteroatoms. The molecule has 0 fully saturated rings. The van der Waals surface area contributed by atoms with Crippen molar-refractivity contribution in [2.24, 2.45) is 0 Å². The molecule has 1 amide bonds. The predicted molar refractivity (Wildman–Crippen MR) is 113 cm³/mol. The number of carbonyl (C=O) groups excluding carboxylic acids is 1. The predicted octanol–water partition coefficient (Wildman–Crippen LogP) is 4.65. The van der Waals surface area contributed by atoms with E-state index in [0.717, 1.165) is 24.3 Å². The van der Waals surface area contributed by atoms with Crippen LogP contribution in [0.15, 0.2) is 36.4 Å². The first-order valence-electron chi connectivity index (χ1n) is 10.3. The second kappa shape index (κ2) is 9.35. The van der Waals surface area contributed by atoms with Crippen molar-refractivity contribution in [3.05, 3.63) is 53.2 Å². The number of hydrogen-bond acceptors (Lipinski definition) is 7. The van der Waals surface area contributed by atoms with Gasteiger partial charge in [-0.3, -0.25) is 4.79 Å².